The Morgan fingerprint density at radius 3 is 2.46 bits per heavy atom. The van der Waals surface area contributed by atoms with Gasteiger partial charge < -0.3 is 4.90 Å². The number of alkyl halides is 3. The highest BCUT2D eigenvalue weighted by Gasteiger charge is 2.38. The van der Waals surface area contributed by atoms with Crippen molar-refractivity contribution in [3.8, 4) is 0 Å². The van der Waals surface area contributed by atoms with Crippen LogP contribution < -0.4 is 4.90 Å². The van der Waals surface area contributed by atoms with Crippen LogP contribution in [0.5, 0.6) is 0 Å². The highest BCUT2D eigenvalue weighted by molar-refractivity contribution is 7.89. The Labute approximate surface area is 148 Å². The molecule has 0 radical (unpaired) electrons. The second-order valence-corrected chi connectivity index (χ2v) is 8.44. The zero-order chi connectivity index (χ0) is 19.1. The van der Waals surface area contributed by atoms with Crippen molar-refractivity contribution in [1.82, 2.24) is 24.1 Å². The van der Waals surface area contributed by atoms with Gasteiger partial charge in [0.15, 0.2) is 5.65 Å². The van der Waals surface area contributed by atoms with E-state index in [0.29, 0.717) is 36.3 Å². The Morgan fingerprint density at radius 2 is 1.88 bits per heavy atom. The number of hydrogen-bond acceptors (Lipinski definition) is 6. The summed E-state index contributed by atoms with van der Waals surface area (Å²) in [5, 5.41) is 10.7. The monoisotopic (exact) mass is 392 g/mol. The Bertz CT molecular complexity index is 890. The minimum atomic E-state index is -4.64. The van der Waals surface area contributed by atoms with Gasteiger partial charge in [0, 0.05) is 26.2 Å². The van der Waals surface area contributed by atoms with E-state index >= 15 is 0 Å². The number of rotatable bonds is 4. The van der Waals surface area contributed by atoms with Gasteiger partial charge in [-0.15, -0.1) is 15.3 Å². The van der Waals surface area contributed by atoms with Crippen molar-refractivity contribution in [2.24, 2.45) is 0 Å². The molecule has 2 aromatic rings. The first-order chi connectivity index (χ1) is 12.1. The Morgan fingerprint density at radius 1 is 1.23 bits per heavy atom. The van der Waals surface area contributed by atoms with Crippen LogP contribution in [-0.4, -0.2) is 64.5 Å². The largest absolute Gasteiger partial charge is 0.453 e. The molecule has 0 unspecified atom stereocenters. The fourth-order valence-electron chi connectivity index (χ4n) is 3.01. The van der Waals surface area contributed by atoms with Crippen LogP contribution in [0.25, 0.3) is 5.65 Å². The minimum absolute atomic E-state index is 0.0183. The summed E-state index contributed by atoms with van der Waals surface area (Å²) in [6.07, 6.45) is -3.50. The summed E-state index contributed by atoms with van der Waals surface area (Å²) in [5.74, 6) is -0.754. The van der Waals surface area contributed by atoms with E-state index in [2.05, 4.69) is 15.3 Å². The average molecular weight is 392 g/mol. The van der Waals surface area contributed by atoms with Crippen molar-refractivity contribution in [1.29, 1.82) is 0 Å². The van der Waals surface area contributed by atoms with E-state index in [1.807, 2.05) is 4.90 Å². The third-order valence-corrected chi connectivity index (χ3v) is 6.51. The van der Waals surface area contributed by atoms with E-state index in [-0.39, 0.29) is 17.4 Å². The van der Waals surface area contributed by atoms with Gasteiger partial charge in [-0.3, -0.25) is 0 Å². The molecule has 0 N–H and O–H groups in total. The molecular formula is C14H19F3N6O2S. The van der Waals surface area contributed by atoms with Gasteiger partial charge >= 0.3 is 6.18 Å². The van der Waals surface area contributed by atoms with Crippen molar-refractivity contribution >= 4 is 21.5 Å². The van der Waals surface area contributed by atoms with Crippen molar-refractivity contribution in [3.05, 3.63) is 18.0 Å². The average Bonchev–Trinajstić information content (AvgIpc) is 3.04. The van der Waals surface area contributed by atoms with Crippen LogP contribution in [0, 0.1) is 0 Å². The summed E-state index contributed by atoms with van der Waals surface area (Å²) >= 11 is 0. The van der Waals surface area contributed by atoms with Gasteiger partial charge in [0.05, 0.1) is 5.75 Å². The summed E-state index contributed by atoms with van der Waals surface area (Å²) in [6, 6.07) is 2.90. The molecule has 3 heterocycles. The number of anilines is 1. The predicted octanol–water partition coefficient (Wildman–Crippen LogP) is 1.39. The van der Waals surface area contributed by atoms with Crippen LogP contribution in [-0.2, 0) is 16.2 Å². The van der Waals surface area contributed by atoms with E-state index in [9.17, 15) is 21.6 Å². The molecule has 1 saturated heterocycles. The maximum Gasteiger partial charge on any atom is 0.453 e. The Hall–Kier alpha value is -1.95. The number of piperidine rings is 1. The van der Waals surface area contributed by atoms with Crippen LogP contribution in [0.2, 0.25) is 0 Å². The second-order valence-electron chi connectivity index (χ2n) is 6.12. The molecule has 2 aromatic heterocycles. The molecule has 1 fully saturated rings. The van der Waals surface area contributed by atoms with E-state index in [0.717, 1.165) is 0 Å². The number of hydrogen-bond donors (Lipinski definition) is 0. The lowest BCUT2D eigenvalue weighted by Crippen LogP contribution is -2.46. The highest BCUT2D eigenvalue weighted by atomic mass is 32.2. The molecule has 144 valence electrons. The third-order valence-electron chi connectivity index (χ3n) is 4.61. The lowest BCUT2D eigenvalue weighted by Gasteiger charge is -2.36. The van der Waals surface area contributed by atoms with Crippen LogP contribution in [0.1, 0.15) is 25.6 Å². The van der Waals surface area contributed by atoms with Crippen molar-refractivity contribution in [2.45, 2.75) is 32.0 Å². The van der Waals surface area contributed by atoms with Crippen LogP contribution in [0.4, 0.5) is 19.0 Å². The van der Waals surface area contributed by atoms with E-state index in [1.54, 1.807) is 20.0 Å². The fourth-order valence-corrected chi connectivity index (χ4v) is 4.09. The molecule has 3 rings (SSSR count). The molecule has 0 aliphatic carbocycles. The fraction of sp³-hybridized carbons (Fsp3) is 0.643. The van der Waals surface area contributed by atoms with Gasteiger partial charge in [-0.2, -0.15) is 17.7 Å². The maximum atomic E-state index is 13.0. The van der Waals surface area contributed by atoms with E-state index in [1.165, 1.54) is 10.4 Å². The number of halogens is 3. The summed E-state index contributed by atoms with van der Waals surface area (Å²) < 4.78 is 64.9. The first kappa shape index (κ1) is 18.8. The quantitative estimate of drug-likeness (QED) is 0.782. The first-order valence-electron chi connectivity index (χ1n) is 8.14. The van der Waals surface area contributed by atoms with Crippen LogP contribution >= 0.6 is 0 Å². The third kappa shape index (κ3) is 3.47. The number of nitrogens with zero attached hydrogens (tertiary/aromatic N) is 6. The zero-order valence-electron chi connectivity index (χ0n) is 14.3. The highest BCUT2D eigenvalue weighted by Crippen LogP contribution is 2.28. The molecule has 1 aliphatic rings. The summed E-state index contributed by atoms with van der Waals surface area (Å²) in [4.78, 5) is 1.84. The first-order valence-corrected chi connectivity index (χ1v) is 9.74. The molecule has 0 atom stereocenters. The van der Waals surface area contributed by atoms with Gasteiger partial charge in [-0.1, -0.05) is 0 Å². The Kier molecular flexibility index (Phi) is 4.82. The molecule has 8 nitrogen and oxygen atoms in total. The van der Waals surface area contributed by atoms with E-state index in [4.69, 9.17) is 0 Å². The normalized spacial score (nSPS) is 17.4. The lowest BCUT2D eigenvalue weighted by molar-refractivity contribution is -0.146. The predicted molar refractivity (Wildman–Crippen MR) is 88.2 cm³/mol. The van der Waals surface area contributed by atoms with Crippen molar-refractivity contribution in [2.75, 3.05) is 30.8 Å². The topological polar surface area (TPSA) is 83.7 Å². The van der Waals surface area contributed by atoms with Gasteiger partial charge in [-0.25, -0.2) is 12.7 Å². The summed E-state index contributed by atoms with van der Waals surface area (Å²) in [6.45, 7) is 2.59. The molecule has 0 spiro atoms. The van der Waals surface area contributed by atoms with Crippen molar-refractivity contribution in [3.63, 3.8) is 0 Å². The van der Waals surface area contributed by atoms with Gasteiger partial charge in [0.25, 0.3) is 5.82 Å². The van der Waals surface area contributed by atoms with Crippen LogP contribution in [0.15, 0.2) is 12.1 Å². The minimum Gasteiger partial charge on any atom is -0.355 e. The second kappa shape index (κ2) is 6.65. The standard InChI is InChI=1S/C14H19F3N6O2S/c1-3-26(24,25)21(2)10-6-8-22(9-7-10)12-5-4-11-18-19-13(14(15,16)17)23(11)20-12/h4-5,10H,3,6-9H2,1-2H3. The van der Waals surface area contributed by atoms with Gasteiger partial charge in [0.2, 0.25) is 10.0 Å². The zero-order valence-corrected chi connectivity index (χ0v) is 15.1. The lowest BCUT2D eigenvalue weighted by atomic mass is 10.1. The smallest absolute Gasteiger partial charge is 0.355 e. The number of fused-ring (bicyclic) bond motifs is 1. The van der Waals surface area contributed by atoms with Crippen LogP contribution in [0.3, 0.4) is 0 Å². The van der Waals surface area contributed by atoms with Crippen molar-refractivity contribution < 1.29 is 21.6 Å². The summed E-state index contributed by atoms with van der Waals surface area (Å²) in [7, 11) is -1.70. The molecule has 0 bridgehead atoms. The summed E-state index contributed by atoms with van der Waals surface area (Å²) in [5.41, 5.74) is 0.0183. The molecule has 0 saturated carbocycles. The molecular weight excluding hydrogens is 373 g/mol. The number of aromatic nitrogens is 4. The molecule has 0 aromatic carbocycles. The number of sulfonamides is 1. The maximum absolute atomic E-state index is 13.0. The molecule has 12 heteroatoms. The van der Waals surface area contributed by atoms with Gasteiger partial charge in [-0.05, 0) is 31.9 Å². The van der Waals surface area contributed by atoms with E-state index < -0.39 is 22.0 Å². The Balaban J connectivity index is 1.78. The molecule has 1 aliphatic heterocycles. The SMILES string of the molecule is CCS(=O)(=O)N(C)C1CCN(c2ccc3nnc(C(F)(F)F)n3n2)CC1. The van der Waals surface area contributed by atoms with Gasteiger partial charge in [0.1, 0.15) is 5.82 Å². The molecule has 0 amide bonds. The molecule has 26 heavy (non-hydrogen) atoms.